The summed E-state index contributed by atoms with van der Waals surface area (Å²) in [7, 11) is 3.49. The van der Waals surface area contributed by atoms with Gasteiger partial charge in [-0.1, -0.05) is 0 Å². The van der Waals surface area contributed by atoms with Gasteiger partial charge in [0.05, 0.1) is 0 Å². The van der Waals surface area contributed by atoms with Crippen molar-refractivity contribution >= 4 is 0 Å². The van der Waals surface area contributed by atoms with Crippen LogP contribution in [0.3, 0.4) is 0 Å². The van der Waals surface area contributed by atoms with E-state index >= 15 is 0 Å². The minimum absolute atomic E-state index is 0.462. The summed E-state index contributed by atoms with van der Waals surface area (Å²) in [6.45, 7) is 0.462. The van der Waals surface area contributed by atoms with E-state index in [-0.39, 0.29) is 0 Å². The smallest absolute Gasteiger partial charge is 0.183 e. The van der Waals surface area contributed by atoms with Crippen molar-refractivity contribution in [2.24, 2.45) is 7.05 Å². The molecule has 2 aromatic heterocycles. The van der Waals surface area contributed by atoms with E-state index in [4.69, 9.17) is 4.74 Å². The van der Waals surface area contributed by atoms with Gasteiger partial charge in [-0.15, -0.1) is 0 Å². The highest BCUT2D eigenvalue weighted by Crippen LogP contribution is 2.13. The molecule has 5 heteroatoms. The molecule has 0 unspecified atom stereocenters. The summed E-state index contributed by atoms with van der Waals surface area (Å²) in [6.07, 6.45) is 3.47. The number of pyridine rings is 1. The molecule has 78 valence electrons. The molecule has 0 aliphatic heterocycles. The SMILES string of the molecule is COCc1nc(-c2cccnc2)nn1C. The second-order valence-corrected chi connectivity index (χ2v) is 3.15. The van der Waals surface area contributed by atoms with E-state index in [0.29, 0.717) is 12.4 Å². The third kappa shape index (κ3) is 2.02. The molecule has 0 aliphatic carbocycles. The minimum atomic E-state index is 0.462. The van der Waals surface area contributed by atoms with Gasteiger partial charge in [-0.2, -0.15) is 5.10 Å². The van der Waals surface area contributed by atoms with E-state index < -0.39 is 0 Å². The van der Waals surface area contributed by atoms with Gasteiger partial charge < -0.3 is 4.74 Å². The van der Waals surface area contributed by atoms with E-state index in [1.807, 2.05) is 19.2 Å². The molecule has 0 amide bonds. The van der Waals surface area contributed by atoms with Crippen LogP contribution in [0.5, 0.6) is 0 Å². The lowest BCUT2D eigenvalue weighted by atomic mass is 10.3. The zero-order valence-electron chi connectivity index (χ0n) is 8.71. The van der Waals surface area contributed by atoms with Crippen LogP contribution in [0.1, 0.15) is 5.82 Å². The monoisotopic (exact) mass is 204 g/mol. The first-order valence-corrected chi connectivity index (χ1v) is 4.60. The molecular weight excluding hydrogens is 192 g/mol. The Morgan fingerprint density at radius 2 is 2.33 bits per heavy atom. The number of nitrogens with zero attached hydrogens (tertiary/aromatic N) is 4. The minimum Gasteiger partial charge on any atom is -0.377 e. The summed E-state index contributed by atoms with van der Waals surface area (Å²) >= 11 is 0. The predicted octanol–water partition coefficient (Wildman–Crippen LogP) is 1.02. The van der Waals surface area contributed by atoms with Gasteiger partial charge in [0.25, 0.3) is 0 Å². The van der Waals surface area contributed by atoms with Crippen LogP contribution in [0.25, 0.3) is 11.4 Å². The van der Waals surface area contributed by atoms with Gasteiger partial charge in [0, 0.05) is 32.1 Å². The first kappa shape index (κ1) is 9.79. The number of aryl methyl sites for hydroxylation is 1. The van der Waals surface area contributed by atoms with Crippen LogP contribution in [0.15, 0.2) is 24.5 Å². The van der Waals surface area contributed by atoms with Crippen LogP contribution in [-0.4, -0.2) is 26.9 Å². The third-order valence-corrected chi connectivity index (χ3v) is 2.05. The third-order valence-electron chi connectivity index (χ3n) is 2.05. The second kappa shape index (κ2) is 4.18. The van der Waals surface area contributed by atoms with Crippen LogP contribution < -0.4 is 0 Å². The largest absolute Gasteiger partial charge is 0.377 e. The summed E-state index contributed by atoms with van der Waals surface area (Å²) < 4.78 is 6.73. The molecule has 2 heterocycles. The molecular formula is C10H12N4O. The van der Waals surface area contributed by atoms with Gasteiger partial charge >= 0.3 is 0 Å². The van der Waals surface area contributed by atoms with Crippen LogP contribution in [0.4, 0.5) is 0 Å². The fraction of sp³-hybridized carbons (Fsp3) is 0.300. The summed E-state index contributed by atoms with van der Waals surface area (Å²) in [4.78, 5) is 8.38. The van der Waals surface area contributed by atoms with Gasteiger partial charge in [-0.05, 0) is 12.1 Å². The Bertz CT molecular complexity index is 438. The molecule has 0 aliphatic rings. The molecule has 0 aromatic carbocycles. The van der Waals surface area contributed by atoms with E-state index in [0.717, 1.165) is 11.4 Å². The summed E-state index contributed by atoms with van der Waals surface area (Å²) in [5, 5.41) is 4.29. The van der Waals surface area contributed by atoms with Crippen molar-refractivity contribution in [3.8, 4) is 11.4 Å². The normalized spacial score (nSPS) is 10.5. The van der Waals surface area contributed by atoms with Crippen LogP contribution >= 0.6 is 0 Å². The van der Waals surface area contributed by atoms with E-state index in [2.05, 4.69) is 15.1 Å². The van der Waals surface area contributed by atoms with E-state index in [1.54, 1.807) is 24.2 Å². The maximum atomic E-state index is 5.02. The lowest BCUT2D eigenvalue weighted by Crippen LogP contribution is -2.00. The quantitative estimate of drug-likeness (QED) is 0.749. The molecule has 0 radical (unpaired) electrons. The molecule has 0 fully saturated rings. The average Bonchev–Trinajstić information content (AvgIpc) is 2.63. The Hall–Kier alpha value is -1.75. The summed E-state index contributed by atoms with van der Waals surface area (Å²) in [5.74, 6) is 1.48. The zero-order chi connectivity index (χ0) is 10.7. The number of hydrogen-bond donors (Lipinski definition) is 0. The summed E-state index contributed by atoms with van der Waals surface area (Å²) in [5.41, 5.74) is 0.912. The predicted molar refractivity (Wildman–Crippen MR) is 54.9 cm³/mol. The summed E-state index contributed by atoms with van der Waals surface area (Å²) in [6, 6.07) is 3.79. The van der Waals surface area contributed by atoms with Crippen LogP contribution in [0.2, 0.25) is 0 Å². The highest BCUT2D eigenvalue weighted by atomic mass is 16.5. The average molecular weight is 204 g/mol. The Morgan fingerprint density at radius 1 is 1.47 bits per heavy atom. The van der Waals surface area contributed by atoms with Crippen molar-refractivity contribution in [2.45, 2.75) is 6.61 Å². The fourth-order valence-corrected chi connectivity index (χ4v) is 1.29. The van der Waals surface area contributed by atoms with Gasteiger partial charge in [-0.3, -0.25) is 9.67 Å². The molecule has 15 heavy (non-hydrogen) atoms. The maximum Gasteiger partial charge on any atom is 0.183 e. The Kier molecular flexibility index (Phi) is 2.73. The number of rotatable bonds is 3. The number of methoxy groups -OCH3 is 1. The maximum absolute atomic E-state index is 5.02. The fourth-order valence-electron chi connectivity index (χ4n) is 1.29. The van der Waals surface area contributed by atoms with Crippen molar-refractivity contribution in [1.82, 2.24) is 19.7 Å². The molecule has 0 saturated heterocycles. The molecule has 5 nitrogen and oxygen atoms in total. The van der Waals surface area contributed by atoms with Crippen LogP contribution in [0, 0.1) is 0 Å². The standard InChI is InChI=1S/C10H12N4O/c1-14-9(7-15-2)12-10(13-14)8-4-3-5-11-6-8/h3-6H,7H2,1-2H3. The molecule has 2 aromatic rings. The lowest BCUT2D eigenvalue weighted by Gasteiger charge is -1.94. The van der Waals surface area contributed by atoms with Gasteiger partial charge in [0.15, 0.2) is 11.6 Å². The number of ether oxygens (including phenoxy) is 1. The molecule has 0 saturated carbocycles. The topological polar surface area (TPSA) is 52.8 Å². The molecule has 0 bridgehead atoms. The van der Waals surface area contributed by atoms with Crippen molar-refractivity contribution in [1.29, 1.82) is 0 Å². The first-order valence-electron chi connectivity index (χ1n) is 4.60. The van der Waals surface area contributed by atoms with Crippen LogP contribution in [-0.2, 0) is 18.4 Å². The van der Waals surface area contributed by atoms with Crippen molar-refractivity contribution in [3.63, 3.8) is 0 Å². The number of hydrogen-bond acceptors (Lipinski definition) is 4. The Morgan fingerprint density at radius 3 is 3.00 bits per heavy atom. The lowest BCUT2D eigenvalue weighted by molar-refractivity contribution is 0.174. The van der Waals surface area contributed by atoms with Crippen molar-refractivity contribution < 1.29 is 4.74 Å². The van der Waals surface area contributed by atoms with Crippen molar-refractivity contribution in [2.75, 3.05) is 7.11 Å². The first-order chi connectivity index (χ1) is 7.31. The van der Waals surface area contributed by atoms with Crippen molar-refractivity contribution in [3.05, 3.63) is 30.4 Å². The van der Waals surface area contributed by atoms with E-state index in [1.165, 1.54) is 0 Å². The van der Waals surface area contributed by atoms with E-state index in [9.17, 15) is 0 Å². The Balaban J connectivity index is 2.34. The molecule has 0 spiro atoms. The molecule has 0 N–H and O–H groups in total. The molecule has 0 atom stereocenters. The highest BCUT2D eigenvalue weighted by molar-refractivity contribution is 5.52. The second-order valence-electron chi connectivity index (χ2n) is 3.15. The zero-order valence-corrected chi connectivity index (χ0v) is 8.71. The van der Waals surface area contributed by atoms with Gasteiger partial charge in [0.1, 0.15) is 6.61 Å². The Labute approximate surface area is 87.7 Å². The van der Waals surface area contributed by atoms with Gasteiger partial charge in [-0.25, -0.2) is 4.98 Å². The molecule has 2 rings (SSSR count). The van der Waals surface area contributed by atoms with Gasteiger partial charge in [0.2, 0.25) is 0 Å². The highest BCUT2D eigenvalue weighted by Gasteiger charge is 2.08. The number of aromatic nitrogens is 4.